The first-order valence-corrected chi connectivity index (χ1v) is 9.32. The average Bonchev–Trinajstić information content (AvgIpc) is 2.99. The number of ether oxygens (including phenoxy) is 1. The van der Waals surface area contributed by atoms with E-state index in [0.29, 0.717) is 28.5 Å². The number of oxazole rings is 1. The zero-order valence-electron chi connectivity index (χ0n) is 13.7. The summed E-state index contributed by atoms with van der Waals surface area (Å²) in [5, 5.41) is 0. The first-order chi connectivity index (χ1) is 11.9. The van der Waals surface area contributed by atoms with E-state index >= 15 is 0 Å². The smallest absolute Gasteiger partial charge is 0.221 e. The summed E-state index contributed by atoms with van der Waals surface area (Å²) >= 11 is 0. The molecule has 0 atom stereocenters. The molecule has 0 spiro atoms. The van der Waals surface area contributed by atoms with Crippen LogP contribution in [0.2, 0.25) is 0 Å². The van der Waals surface area contributed by atoms with E-state index in [1.54, 1.807) is 24.3 Å². The van der Waals surface area contributed by atoms with Gasteiger partial charge in [0.1, 0.15) is 18.1 Å². The Kier molecular flexibility index (Phi) is 4.69. The van der Waals surface area contributed by atoms with Gasteiger partial charge in [-0.05, 0) is 48.5 Å². The second-order valence-corrected chi connectivity index (χ2v) is 7.54. The molecular weight excluding hydrogens is 345 g/mol. The summed E-state index contributed by atoms with van der Waals surface area (Å²) < 4.78 is 47.2. The van der Waals surface area contributed by atoms with Crippen LogP contribution in [0, 0.1) is 5.82 Å². The van der Waals surface area contributed by atoms with Crippen molar-refractivity contribution < 1.29 is 22.0 Å². The standard InChI is InChI=1S/C18H16FNO4S/c1-23-11-16-20-17(12-3-7-14(19)8-4-12)18(24-16)13-5-9-15(10-6-13)25(2,21)22/h3-10H,11H2,1-2H3. The predicted molar refractivity (Wildman–Crippen MR) is 91.2 cm³/mol. The number of sulfone groups is 1. The lowest BCUT2D eigenvalue weighted by atomic mass is 10.1. The molecule has 0 amide bonds. The number of nitrogens with zero attached hydrogens (tertiary/aromatic N) is 1. The lowest BCUT2D eigenvalue weighted by molar-refractivity contribution is 0.160. The molecule has 0 aliphatic heterocycles. The molecule has 0 unspecified atom stereocenters. The fourth-order valence-corrected chi connectivity index (χ4v) is 3.03. The van der Waals surface area contributed by atoms with Crippen molar-refractivity contribution in [3.63, 3.8) is 0 Å². The van der Waals surface area contributed by atoms with E-state index in [2.05, 4.69) is 4.98 Å². The third-order valence-electron chi connectivity index (χ3n) is 3.60. The molecule has 0 fully saturated rings. The molecule has 7 heteroatoms. The highest BCUT2D eigenvalue weighted by Gasteiger charge is 2.18. The van der Waals surface area contributed by atoms with Gasteiger partial charge in [0, 0.05) is 24.5 Å². The van der Waals surface area contributed by atoms with Crippen LogP contribution in [0.1, 0.15) is 5.89 Å². The Morgan fingerprint density at radius 2 is 1.64 bits per heavy atom. The summed E-state index contributed by atoms with van der Waals surface area (Å²) in [5.41, 5.74) is 1.90. The molecule has 0 radical (unpaired) electrons. The second-order valence-electron chi connectivity index (χ2n) is 5.52. The van der Waals surface area contributed by atoms with Crippen LogP contribution in [-0.2, 0) is 21.2 Å². The van der Waals surface area contributed by atoms with Crippen molar-refractivity contribution in [2.24, 2.45) is 0 Å². The number of rotatable bonds is 5. The van der Waals surface area contributed by atoms with E-state index in [-0.39, 0.29) is 17.3 Å². The van der Waals surface area contributed by atoms with Crippen molar-refractivity contribution in [2.45, 2.75) is 11.5 Å². The highest BCUT2D eigenvalue weighted by molar-refractivity contribution is 7.90. The van der Waals surface area contributed by atoms with Gasteiger partial charge in [-0.15, -0.1) is 0 Å². The molecule has 1 heterocycles. The topological polar surface area (TPSA) is 69.4 Å². The van der Waals surface area contributed by atoms with Crippen molar-refractivity contribution in [3.05, 3.63) is 60.2 Å². The first kappa shape index (κ1) is 17.3. The fourth-order valence-electron chi connectivity index (χ4n) is 2.40. The molecule has 130 valence electrons. The van der Waals surface area contributed by atoms with Crippen molar-refractivity contribution in [1.29, 1.82) is 0 Å². The van der Waals surface area contributed by atoms with Gasteiger partial charge < -0.3 is 9.15 Å². The van der Waals surface area contributed by atoms with Gasteiger partial charge in [-0.25, -0.2) is 17.8 Å². The van der Waals surface area contributed by atoms with Gasteiger partial charge in [-0.3, -0.25) is 0 Å². The third-order valence-corrected chi connectivity index (χ3v) is 4.73. The highest BCUT2D eigenvalue weighted by Crippen LogP contribution is 2.33. The molecule has 0 saturated carbocycles. The molecule has 0 N–H and O–H groups in total. The van der Waals surface area contributed by atoms with E-state index in [1.807, 2.05) is 0 Å². The number of halogens is 1. The SMILES string of the molecule is COCc1nc(-c2ccc(F)cc2)c(-c2ccc(S(C)(=O)=O)cc2)o1. The number of benzene rings is 2. The molecule has 1 aromatic heterocycles. The van der Waals surface area contributed by atoms with Gasteiger partial charge in [0.05, 0.1) is 4.90 Å². The maximum atomic E-state index is 13.2. The van der Waals surface area contributed by atoms with Crippen LogP contribution in [0.4, 0.5) is 4.39 Å². The molecule has 3 aromatic rings. The second kappa shape index (κ2) is 6.78. The predicted octanol–water partition coefficient (Wildman–Crippen LogP) is 3.70. The van der Waals surface area contributed by atoms with E-state index in [1.165, 1.54) is 31.4 Å². The van der Waals surface area contributed by atoms with Crippen LogP contribution in [0.15, 0.2) is 57.8 Å². The molecule has 25 heavy (non-hydrogen) atoms. The lowest BCUT2D eigenvalue weighted by Crippen LogP contribution is -1.96. The van der Waals surface area contributed by atoms with Gasteiger partial charge in [0.25, 0.3) is 0 Å². The zero-order valence-corrected chi connectivity index (χ0v) is 14.5. The molecule has 2 aromatic carbocycles. The molecule has 0 aliphatic rings. The molecule has 0 aliphatic carbocycles. The van der Waals surface area contributed by atoms with E-state index in [9.17, 15) is 12.8 Å². The van der Waals surface area contributed by atoms with Gasteiger partial charge in [-0.1, -0.05) is 0 Å². The number of hydrogen-bond acceptors (Lipinski definition) is 5. The maximum Gasteiger partial charge on any atom is 0.221 e. The molecule has 0 bridgehead atoms. The Balaban J connectivity index is 2.09. The third kappa shape index (κ3) is 3.78. The van der Waals surface area contributed by atoms with Gasteiger partial charge in [-0.2, -0.15) is 0 Å². The molecule has 5 nitrogen and oxygen atoms in total. The quantitative estimate of drug-likeness (QED) is 0.693. The largest absolute Gasteiger partial charge is 0.437 e. The van der Waals surface area contributed by atoms with Crippen LogP contribution < -0.4 is 0 Å². The Labute approximate surface area is 145 Å². The monoisotopic (exact) mass is 361 g/mol. The van der Waals surface area contributed by atoms with E-state index < -0.39 is 9.84 Å². The number of hydrogen-bond donors (Lipinski definition) is 0. The number of aromatic nitrogens is 1. The zero-order chi connectivity index (χ0) is 18.0. The van der Waals surface area contributed by atoms with Crippen LogP contribution in [0.5, 0.6) is 0 Å². The van der Waals surface area contributed by atoms with E-state index in [4.69, 9.17) is 9.15 Å². The summed E-state index contributed by atoms with van der Waals surface area (Å²) in [5.74, 6) is 0.506. The van der Waals surface area contributed by atoms with Crippen molar-refractivity contribution in [2.75, 3.05) is 13.4 Å². The van der Waals surface area contributed by atoms with Gasteiger partial charge in [0.2, 0.25) is 5.89 Å². The summed E-state index contributed by atoms with van der Waals surface area (Å²) in [6.45, 7) is 0.190. The van der Waals surface area contributed by atoms with Crippen molar-refractivity contribution in [3.8, 4) is 22.6 Å². The molecule has 0 saturated heterocycles. The van der Waals surface area contributed by atoms with Gasteiger partial charge in [0.15, 0.2) is 15.6 Å². The maximum absolute atomic E-state index is 13.2. The Bertz CT molecular complexity index is 977. The minimum atomic E-state index is -3.28. The minimum absolute atomic E-state index is 0.190. The number of methoxy groups -OCH3 is 1. The summed E-state index contributed by atoms with van der Waals surface area (Å²) in [6.07, 6.45) is 1.15. The summed E-state index contributed by atoms with van der Waals surface area (Å²) in [7, 11) is -1.75. The van der Waals surface area contributed by atoms with Crippen LogP contribution in [-0.4, -0.2) is 26.8 Å². The Morgan fingerprint density at radius 1 is 1.04 bits per heavy atom. The van der Waals surface area contributed by atoms with Crippen molar-refractivity contribution in [1.82, 2.24) is 4.98 Å². The normalized spacial score (nSPS) is 11.6. The Hall–Kier alpha value is -2.51. The molecular formula is C18H16FNO4S. The summed E-state index contributed by atoms with van der Waals surface area (Å²) in [4.78, 5) is 4.63. The van der Waals surface area contributed by atoms with Gasteiger partial charge >= 0.3 is 0 Å². The summed E-state index contributed by atoms with van der Waals surface area (Å²) in [6, 6.07) is 12.2. The highest BCUT2D eigenvalue weighted by atomic mass is 32.2. The van der Waals surface area contributed by atoms with Crippen LogP contribution >= 0.6 is 0 Å². The lowest BCUT2D eigenvalue weighted by Gasteiger charge is -2.03. The van der Waals surface area contributed by atoms with Crippen LogP contribution in [0.25, 0.3) is 22.6 Å². The van der Waals surface area contributed by atoms with Crippen LogP contribution in [0.3, 0.4) is 0 Å². The van der Waals surface area contributed by atoms with E-state index in [0.717, 1.165) is 6.26 Å². The average molecular weight is 361 g/mol. The molecule has 3 rings (SSSR count). The minimum Gasteiger partial charge on any atom is -0.437 e. The Morgan fingerprint density at radius 3 is 2.20 bits per heavy atom. The van der Waals surface area contributed by atoms with Crippen molar-refractivity contribution >= 4 is 9.84 Å². The first-order valence-electron chi connectivity index (χ1n) is 7.43. The fraction of sp³-hybridized carbons (Fsp3) is 0.167.